The van der Waals surface area contributed by atoms with Gasteiger partial charge in [-0.2, -0.15) is 0 Å². The lowest BCUT2D eigenvalue weighted by molar-refractivity contribution is -0.124. The molecule has 2 unspecified atom stereocenters. The van der Waals surface area contributed by atoms with Crippen molar-refractivity contribution in [3.05, 3.63) is 0 Å². The van der Waals surface area contributed by atoms with Crippen LogP contribution in [0.25, 0.3) is 0 Å². The number of carbonyl (C=O) groups is 2. The molecule has 0 aliphatic rings. The highest BCUT2D eigenvalue weighted by Gasteiger charge is 2.19. The molecule has 82 valence electrons. The van der Waals surface area contributed by atoms with Gasteiger partial charge in [0.1, 0.15) is 0 Å². The summed E-state index contributed by atoms with van der Waals surface area (Å²) in [7, 11) is 0. The highest BCUT2D eigenvalue weighted by atomic mass is 16.2. The van der Waals surface area contributed by atoms with E-state index < -0.39 is 11.9 Å². The maximum atomic E-state index is 11.4. The van der Waals surface area contributed by atoms with Gasteiger partial charge in [-0.3, -0.25) is 9.59 Å². The Morgan fingerprint density at radius 2 is 1.79 bits per heavy atom. The van der Waals surface area contributed by atoms with E-state index in [1.54, 1.807) is 6.92 Å². The third-order valence-electron chi connectivity index (χ3n) is 1.92. The van der Waals surface area contributed by atoms with Crippen LogP contribution in [0.1, 0.15) is 27.2 Å². The Hall–Kier alpha value is -1.10. The van der Waals surface area contributed by atoms with Crippen molar-refractivity contribution in [2.75, 3.05) is 0 Å². The Bertz CT molecular complexity index is 216. The Morgan fingerprint density at radius 3 is 2.14 bits per heavy atom. The van der Waals surface area contributed by atoms with Crippen LogP contribution in [0, 0.1) is 5.92 Å². The minimum Gasteiger partial charge on any atom is -0.370 e. The van der Waals surface area contributed by atoms with Crippen LogP contribution in [0.5, 0.6) is 0 Å². The molecular formula is C9H19N3O2. The third kappa shape index (κ3) is 4.81. The van der Waals surface area contributed by atoms with Crippen molar-refractivity contribution in [2.45, 2.75) is 39.3 Å². The van der Waals surface area contributed by atoms with E-state index in [0.717, 1.165) is 0 Å². The predicted octanol–water partition coefficient (Wildman–Crippen LogP) is -0.650. The zero-order valence-corrected chi connectivity index (χ0v) is 8.91. The number of amides is 2. The second-order valence-corrected chi connectivity index (χ2v) is 3.85. The average molecular weight is 201 g/mol. The van der Waals surface area contributed by atoms with Gasteiger partial charge in [-0.1, -0.05) is 13.8 Å². The van der Waals surface area contributed by atoms with Crippen molar-refractivity contribution in [1.82, 2.24) is 5.32 Å². The summed E-state index contributed by atoms with van der Waals surface area (Å²) in [5.74, 6) is -0.597. The summed E-state index contributed by atoms with van der Waals surface area (Å²) >= 11 is 0. The first kappa shape index (κ1) is 12.9. The lowest BCUT2D eigenvalue weighted by Gasteiger charge is -2.18. The number of hydrogen-bond acceptors (Lipinski definition) is 3. The van der Waals surface area contributed by atoms with E-state index >= 15 is 0 Å². The van der Waals surface area contributed by atoms with Gasteiger partial charge < -0.3 is 16.8 Å². The second-order valence-electron chi connectivity index (χ2n) is 3.85. The molecule has 2 amide bonds. The molecule has 0 aromatic heterocycles. The molecule has 0 fully saturated rings. The van der Waals surface area contributed by atoms with Gasteiger partial charge in [-0.15, -0.1) is 0 Å². The SMILES string of the molecule is CC(CC(N)=O)NC(=O)C(N)C(C)C. The fraction of sp³-hybridized carbons (Fsp3) is 0.778. The average Bonchev–Trinajstić information content (AvgIpc) is 2.00. The molecule has 5 heteroatoms. The summed E-state index contributed by atoms with van der Waals surface area (Å²) in [5, 5.41) is 2.63. The van der Waals surface area contributed by atoms with Crippen LogP contribution in [0.4, 0.5) is 0 Å². The van der Waals surface area contributed by atoms with Crippen LogP contribution in [-0.2, 0) is 9.59 Å². The van der Waals surface area contributed by atoms with Crippen molar-refractivity contribution in [2.24, 2.45) is 17.4 Å². The zero-order valence-electron chi connectivity index (χ0n) is 8.91. The van der Waals surface area contributed by atoms with E-state index in [2.05, 4.69) is 5.32 Å². The van der Waals surface area contributed by atoms with Crippen LogP contribution < -0.4 is 16.8 Å². The molecule has 0 aromatic rings. The number of nitrogens with two attached hydrogens (primary N) is 2. The van der Waals surface area contributed by atoms with Gasteiger partial charge in [0.05, 0.1) is 6.04 Å². The molecule has 5 N–H and O–H groups in total. The monoisotopic (exact) mass is 201 g/mol. The number of hydrogen-bond donors (Lipinski definition) is 3. The summed E-state index contributed by atoms with van der Waals surface area (Å²) in [5.41, 5.74) is 10.6. The minimum absolute atomic E-state index is 0.0794. The van der Waals surface area contributed by atoms with E-state index in [4.69, 9.17) is 11.5 Å². The van der Waals surface area contributed by atoms with Crippen molar-refractivity contribution < 1.29 is 9.59 Å². The van der Waals surface area contributed by atoms with Gasteiger partial charge in [-0.05, 0) is 12.8 Å². The Kier molecular flexibility index (Phi) is 5.15. The third-order valence-corrected chi connectivity index (χ3v) is 1.92. The summed E-state index contributed by atoms with van der Waals surface area (Å²) in [4.78, 5) is 21.9. The first-order chi connectivity index (χ1) is 6.34. The fourth-order valence-corrected chi connectivity index (χ4v) is 0.995. The Balaban J connectivity index is 3.99. The molecule has 0 aliphatic carbocycles. The molecule has 0 aliphatic heterocycles. The molecule has 0 rings (SSSR count). The molecule has 0 spiro atoms. The smallest absolute Gasteiger partial charge is 0.237 e. The molecular weight excluding hydrogens is 182 g/mol. The van der Waals surface area contributed by atoms with Crippen molar-refractivity contribution >= 4 is 11.8 Å². The summed E-state index contributed by atoms with van der Waals surface area (Å²) < 4.78 is 0. The molecule has 0 saturated heterocycles. The number of primary amides is 1. The standard InChI is InChI=1S/C9H19N3O2/c1-5(2)8(11)9(14)12-6(3)4-7(10)13/h5-6,8H,4,11H2,1-3H3,(H2,10,13)(H,12,14). The first-order valence-corrected chi connectivity index (χ1v) is 4.68. The lowest BCUT2D eigenvalue weighted by atomic mass is 10.0. The molecule has 0 saturated carbocycles. The molecule has 14 heavy (non-hydrogen) atoms. The first-order valence-electron chi connectivity index (χ1n) is 4.68. The number of nitrogens with one attached hydrogen (secondary N) is 1. The highest BCUT2D eigenvalue weighted by Crippen LogP contribution is 1.99. The fourth-order valence-electron chi connectivity index (χ4n) is 0.995. The minimum atomic E-state index is -0.537. The van der Waals surface area contributed by atoms with Crippen LogP contribution in [-0.4, -0.2) is 23.9 Å². The topological polar surface area (TPSA) is 98.2 Å². The van der Waals surface area contributed by atoms with Crippen LogP contribution >= 0.6 is 0 Å². The molecule has 0 bridgehead atoms. The maximum Gasteiger partial charge on any atom is 0.237 e. The quantitative estimate of drug-likeness (QED) is 0.551. The second kappa shape index (κ2) is 5.59. The largest absolute Gasteiger partial charge is 0.370 e. The normalized spacial score (nSPS) is 14.9. The van der Waals surface area contributed by atoms with E-state index in [-0.39, 0.29) is 24.3 Å². The van der Waals surface area contributed by atoms with Crippen molar-refractivity contribution in [3.63, 3.8) is 0 Å². The number of carbonyl (C=O) groups excluding carboxylic acids is 2. The van der Waals surface area contributed by atoms with E-state index in [0.29, 0.717) is 0 Å². The van der Waals surface area contributed by atoms with Crippen molar-refractivity contribution in [3.8, 4) is 0 Å². The van der Waals surface area contributed by atoms with Crippen molar-refractivity contribution in [1.29, 1.82) is 0 Å². The summed E-state index contributed by atoms with van der Waals surface area (Å²) in [6.07, 6.45) is 0.135. The molecule has 0 heterocycles. The van der Waals surface area contributed by atoms with Gasteiger partial charge in [0, 0.05) is 12.5 Å². The van der Waals surface area contributed by atoms with E-state index in [9.17, 15) is 9.59 Å². The summed E-state index contributed by atoms with van der Waals surface area (Å²) in [6, 6.07) is -0.796. The van der Waals surface area contributed by atoms with Gasteiger partial charge in [0.15, 0.2) is 0 Å². The van der Waals surface area contributed by atoms with Gasteiger partial charge in [0.2, 0.25) is 11.8 Å². The van der Waals surface area contributed by atoms with Gasteiger partial charge >= 0.3 is 0 Å². The number of rotatable bonds is 5. The van der Waals surface area contributed by atoms with E-state index in [1.165, 1.54) is 0 Å². The summed E-state index contributed by atoms with van der Waals surface area (Å²) in [6.45, 7) is 5.45. The zero-order chi connectivity index (χ0) is 11.3. The lowest BCUT2D eigenvalue weighted by Crippen LogP contribution is -2.47. The van der Waals surface area contributed by atoms with E-state index in [1.807, 2.05) is 13.8 Å². The predicted molar refractivity (Wildman–Crippen MR) is 54.2 cm³/mol. The van der Waals surface area contributed by atoms with Crippen LogP contribution in [0.2, 0.25) is 0 Å². The molecule has 0 radical (unpaired) electrons. The Morgan fingerprint density at radius 1 is 1.29 bits per heavy atom. The molecule has 0 aromatic carbocycles. The van der Waals surface area contributed by atoms with Gasteiger partial charge in [0.25, 0.3) is 0 Å². The Labute approximate surface area is 84.2 Å². The maximum absolute atomic E-state index is 11.4. The highest BCUT2D eigenvalue weighted by molar-refractivity contribution is 5.83. The van der Waals surface area contributed by atoms with Gasteiger partial charge in [-0.25, -0.2) is 0 Å². The van der Waals surface area contributed by atoms with Crippen LogP contribution in [0.3, 0.4) is 0 Å². The van der Waals surface area contributed by atoms with Crippen LogP contribution in [0.15, 0.2) is 0 Å². The molecule has 5 nitrogen and oxygen atoms in total. The molecule has 2 atom stereocenters.